The summed E-state index contributed by atoms with van der Waals surface area (Å²) in [6.07, 6.45) is 0. The molecule has 0 saturated heterocycles. The summed E-state index contributed by atoms with van der Waals surface area (Å²) in [5.74, 6) is -1.27. The van der Waals surface area contributed by atoms with Gasteiger partial charge in [0.05, 0.1) is 34.0 Å². The number of halogens is 2. The number of hydrogen-bond acceptors (Lipinski definition) is 5. The number of rotatable bonds is 7. The molecule has 3 aromatic rings. The number of carbonyl (C=O) groups is 2. The average molecular weight is 493 g/mol. The van der Waals surface area contributed by atoms with Gasteiger partial charge in [0.2, 0.25) is 5.91 Å². The molecular formula is C22H18Cl2N2O5S. The van der Waals surface area contributed by atoms with Crippen LogP contribution < -0.4 is 9.62 Å². The first-order chi connectivity index (χ1) is 15.2. The summed E-state index contributed by atoms with van der Waals surface area (Å²) >= 11 is 12.1. The summed E-state index contributed by atoms with van der Waals surface area (Å²) < 4.78 is 32.2. The second-order valence-electron chi connectivity index (χ2n) is 6.54. The van der Waals surface area contributed by atoms with Crippen LogP contribution in [0.4, 0.5) is 11.4 Å². The largest absolute Gasteiger partial charge is 0.465 e. The van der Waals surface area contributed by atoms with Gasteiger partial charge < -0.3 is 10.1 Å². The number of hydrogen-bond donors (Lipinski definition) is 1. The minimum absolute atomic E-state index is 0.0217. The van der Waals surface area contributed by atoms with Crippen molar-refractivity contribution in [2.75, 3.05) is 23.3 Å². The van der Waals surface area contributed by atoms with Crippen LogP contribution in [0, 0.1) is 0 Å². The molecule has 7 nitrogen and oxygen atoms in total. The summed E-state index contributed by atoms with van der Waals surface area (Å²) in [7, 11) is -2.84. The van der Waals surface area contributed by atoms with Crippen LogP contribution in [0.15, 0.2) is 77.7 Å². The van der Waals surface area contributed by atoms with E-state index in [0.29, 0.717) is 5.02 Å². The molecule has 0 unspecified atom stereocenters. The molecule has 1 N–H and O–H groups in total. The average Bonchev–Trinajstić information content (AvgIpc) is 2.79. The Morgan fingerprint density at radius 3 is 2.25 bits per heavy atom. The van der Waals surface area contributed by atoms with Crippen molar-refractivity contribution < 1.29 is 22.7 Å². The molecule has 0 heterocycles. The van der Waals surface area contributed by atoms with Gasteiger partial charge in [-0.15, -0.1) is 0 Å². The van der Waals surface area contributed by atoms with E-state index < -0.39 is 28.4 Å². The molecule has 0 aliphatic rings. The van der Waals surface area contributed by atoms with Gasteiger partial charge >= 0.3 is 5.97 Å². The third-order valence-corrected chi connectivity index (χ3v) is 6.76. The van der Waals surface area contributed by atoms with Crippen molar-refractivity contribution in [3.05, 3.63) is 88.4 Å². The Kier molecular flexibility index (Phi) is 7.40. The highest BCUT2D eigenvalue weighted by molar-refractivity contribution is 7.92. The lowest BCUT2D eigenvalue weighted by Gasteiger charge is -2.24. The zero-order valence-corrected chi connectivity index (χ0v) is 19.1. The predicted octanol–water partition coefficient (Wildman–Crippen LogP) is 4.61. The fourth-order valence-corrected chi connectivity index (χ4v) is 4.56. The normalized spacial score (nSPS) is 11.0. The maximum absolute atomic E-state index is 13.3. The topological polar surface area (TPSA) is 92.8 Å². The zero-order chi connectivity index (χ0) is 23.3. The first kappa shape index (κ1) is 23.6. The number of sulfonamides is 1. The second kappa shape index (κ2) is 10.0. The van der Waals surface area contributed by atoms with Gasteiger partial charge in [0.1, 0.15) is 6.54 Å². The predicted molar refractivity (Wildman–Crippen MR) is 124 cm³/mol. The van der Waals surface area contributed by atoms with Gasteiger partial charge in [0, 0.05) is 5.02 Å². The molecule has 0 atom stereocenters. The van der Waals surface area contributed by atoms with Crippen molar-refractivity contribution in [1.82, 2.24) is 0 Å². The van der Waals surface area contributed by atoms with Crippen LogP contribution in [0.25, 0.3) is 0 Å². The van der Waals surface area contributed by atoms with Gasteiger partial charge in [0.25, 0.3) is 10.0 Å². The molecule has 0 aliphatic carbocycles. The number of ether oxygens (including phenoxy) is 1. The van der Waals surface area contributed by atoms with Crippen molar-refractivity contribution in [2.24, 2.45) is 0 Å². The van der Waals surface area contributed by atoms with Gasteiger partial charge in [-0.3, -0.25) is 9.10 Å². The number of nitrogens with one attached hydrogen (secondary N) is 1. The van der Waals surface area contributed by atoms with Crippen molar-refractivity contribution in [2.45, 2.75) is 4.90 Å². The Morgan fingerprint density at radius 1 is 0.969 bits per heavy atom. The molecule has 32 heavy (non-hydrogen) atoms. The molecular weight excluding hydrogens is 475 g/mol. The van der Waals surface area contributed by atoms with E-state index >= 15 is 0 Å². The molecule has 0 radical (unpaired) electrons. The fourth-order valence-electron chi connectivity index (χ4n) is 2.83. The Bertz CT molecular complexity index is 1230. The maximum Gasteiger partial charge on any atom is 0.337 e. The highest BCUT2D eigenvalue weighted by Gasteiger charge is 2.27. The molecule has 0 saturated carbocycles. The summed E-state index contributed by atoms with van der Waals surface area (Å²) in [6, 6.07) is 18.0. The van der Waals surface area contributed by atoms with Crippen LogP contribution in [0.1, 0.15) is 10.4 Å². The van der Waals surface area contributed by atoms with Gasteiger partial charge in [-0.05, 0) is 54.6 Å². The SMILES string of the molecule is COC(=O)c1ccc(Cl)c(NC(=O)CN(c2ccc(Cl)cc2)S(=O)(=O)c2ccccc2)c1. The van der Waals surface area contributed by atoms with Crippen LogP contribution in [0.2, 0.25) is 10.0 Å². The minimum Gasteiger partial charge on any atom is -0.465 e. The zero-order valence-electron chi connectivity index (χ0n) is 16.8. The van der Waals surface area contributed by atoms with Crippen LogP contribution in [0.5, 0.6) is 0 Å². The Labute approximate surface area is 195 Å². The Balaban J connectivity index is 1.93. The number of nitrogens with zero attached hydrogens (tertiary/aromatic N) is 1. The smallest absolute Gasteiger partial charge is 0.337 e. The number of amides is 1. The number of anilines is 2. The van der Waals surface area contributed by atoms with Crippen LogP contribution in [0.3, 0.4) is 0 Å². The Morgan fingerprint density at radius 2 is 1.62 bits per heavy atom. The minimum atomic E-state index is -4.07. The highest BCUT2D eigenvalue weighted by Crippen LogP contribution is 2.27. The quantitative estimate of drug-likeness (QED) is 0.485. The molecule has 0 aromatic heterocycles. The second-order valence-corrected chi connectivity index (χ2v) is 9.24. The van der Waals surface area contributed by atoms with Crippen LogP contribution in [-0.4, -0.2) is 33.9 Å². The number of esters is 1. The lowest BCUT2D eigenvalue weighted by atomic mass is 10.2. The van der Waals surface area contributed by atoms with Crippen LogP contribution in [-0.2, 0) is 19.6 Å². The van der Waals surface area contributed by atoms with E-state index in [0.717, 1.165) is 4.31 Å². The van der Waals surface area contributed by atoms with E-state index in [1.54, 1.807) is 18.2 Å². The molecule has 10 heteroatoms. The van der Waals surface area contributed by atoms with E-state index in [1.807, 2.05) is 0 Å². The maximum atomic E-state index is 13.3. The van der Waals surface area contributed by atoms with Gasteiger partial charge in [-0.2, -0.15) is 0 Å². The molecule has 1 amide bonds. The van der Waals surface area contributed by atoms with E-state index in [4.69, 9.17) is 23.2 Å². The lowest BCUT2D eigenvalue weighted by Crippen LogP contribution is -2.38. The monoisotopic (exact) mass is 492 g/mol. The third-order valence-electron chi connectivity index (χ3n) is 4.39. The number of benzene rings is 3. The molecule has 0 aliphatic heterocycles. The van der Waals surface area contributed by atoms with Crippen molar-refractivity contribution in [1.29, 1.82) is 0 Å². The molecule has 0 bridgehead atoms. The molecule has 3 rings (SSSR count). The van der Waals surface area contributed by atoms with E-state index in [-0.39, 0.29) is 26.9 Å². The van der Waals surface area contributed by atoms with Gasteiger partial charge in [0.15, 0.2) is 0 Å². The van der Waals surface area contributed by atoms with E-state index in [2.05, 4.69) is 10.1 Å². The highest BCUT2D eigenvalue weighted by atomic mass is 35.5. The number of methoxy groups -OCH3 is 1. The summed E-state index contributed by atoms with van der Waals surface area (Å²) in [5, 5.41) is 3.15. The first-order valence-corrected chi connectivity index (χ1v) is 11.4. The van der Waals surface area contributed by atoms with Gasteiger partial charge in [-0.1, -0.05) is 41.4 Å². The fraction of sp³-hybridized carbons (Fsp3) is 0.0909. The molecule has 0 spiro atoms. The number of carbonyl (C=O) groups excluding carboxylic acids is 2. The summed E-state index contributed by atoms with van der Waals surface area (Å²) in [5.41, 5.74) is 0.578. The third kappa shape index (κ3) is 5.40. The van der Waals surface area contributed by atoms with E-state index in [1.165, 1.54) is 61.7 Å². The summed E-state index contributed by atoms with van der Waals surface area (Å²) in [6.45, 7) is -0.544. The van der Waals surface area contributed by atoms with Crippen LogP contribution >= 0.6 is 23.2 Å². The van der Waals surface area contributed by atoms with Crippen molar-refractivity contribution >= 4 is 56.5 Å². The van der Waals surface area contributed by atoms with Crippen molar-refractivity contribution in [3.63, 3.8) is 0 Å². The van der Waals surface area contributed by atoms with Gasteiger partial charge in [-0.25, -0.2) is 13.2 Å². The Hall–Kier alpha value is -3.07. The lowest BCUT2D eigenvalue weighted by molar-refractivity contribution is -0.114. The van der Waals surface area contributed by atoms with Crippen molar-refractivity contribution in [3.8, 4) is 0 Å². The standard InChI is InChI=1S/C22H18Cl2N2O5S/c1-31-22(28)15-7-12-19(24)20(13-15)25-21(27)14-26(17-10-8-16(23)9-11-17)32(29,30)18-5-3-2-4-6-18/h2-13H,14H2,1H3,(H,25,27). The molecule has 0 fully saturated rings. The first-order valence-electron chi connectivity index (χ1n) is 9.23. The molecule has 3 aromatic carbocycles. The van der Waals surface area contributed by atoms with E-state index in [9.17, 15) is 18.0 Å². The molecule has 166 valence electrons. The summed E-state index contributed by atoms with van der Waals surface area (Å²) in [4.78, 5) is 24.6.